The van der Waals surface area contributed by atoms with Crippen LogP contribution in [0, 0.1) is 0 Å². The van der Waals surface area contributed by atoms with Crippen LogP contribution in [0.2, 0.25) is 0 Å². The Morgan fingerprint density at radius 1 is 2.00 bits per heavy atom. The molecule has 0 radical (unpaired) electrons. The van der Waals surface area contributed by atoms with E-state index in [0.29, 0.717) is 0 Å². The Morgan fingerprint density at radius 2 is 2.20 bits per heavy atom. The van der Waals surface area contributed by atoms with E-state index in [0.717, 1.165) is 0 Å². The highest BCUT2D eigenvalue weighted by atomic mass is 127. The molecule has 0 rings (SSSR count). The van der Waals surface area contributed by atoms with E-state index < -0.39 is 0 Å². The number of halogens is 1. The summed E-state index contributed by atoms with van der Waals surface area (Å²) in [5, 5.41) is 0. The van der Waals surface area contributed by atoms with Crippen LogP contribution in [0.4, 0.5) is 0 Å². The summed E-state index contributed by atoms with van der Waals surface area (Å²) < 4.78 is 3.72. The molecule has 0 aromatic carbocycles. The van der Waals surface area contributed by atoms with E-state index in [2.05, 4.69) is 36.8 Å². The van der Waals surface area contributed by atoms with Crippen molar-refractivity contribution >= 4 is 38.8 Å². The summed E-state index contributed by atoms with van der Waals surface area (Å²) in [6, 6.07) is 0. The van der Waals surface area contributed by atoms with Gasteiger partial charge in [0.25, 0.3) is 0 Å². The molecule has 0 aromatic heterocycles. The Bertz CT molecular complexity index is 81.6. The lowest BCUT2D eigenvalue weighted by Gasteiger charge is -1.81. The molecular formula is CH3INS2-. The zero-order valence-corrected chi connectivity index (χ0v) is 6.43. The Hall–Kier alpha value is 1.10. The third-order valence-corrected chi connectivity index (χ3v) is 2.06. The minimum Gasteiger partial charge on any atom is -0.419 e. The molecule has 0 unspecified atom stereocenters. The van der Waals surface area contributed by atoms with Crippen LogP contribution in [0.15, 0.2) is 4.36 Å². The SMILES string of the molecule is CN=[S-](=S)I. The third-order valence-electron chi connectivity index (χ3n) is 0.144. The highest BCUT2D eigenvalue weighted by Crippen LogP contribution is 1.81. The molecule has 0 aromatic rings. The van der Waals surface area contributed by atoms with Gasteiger partial charge in [-0.1, -0.05) is 0 Å². The molecule has 4 heteroatoms. The minimum atomic E-state index is -0.144. The zero-order valence-electron chi connectivity index (χ0n) is 2.64. The van der Waals surface area contributed by atoms with Crippen LogP contribution in [0.3, 0.4) is 0 Å². The Morgan fingerprint density at radius 3 is 2.20 bits per heavy atom. The first-order valence-corrected chi connectivity index (χ1v) is 5.60. The quantitative estimate of drug-likeness (QED) is 0.340. The van der Waals surface area contributed by atoms with Crippen molar-refractivity contribution in [3.63, 3.8) is 0 Å². The van der Waals surface area contributed by atoms with Crippen LogP contribution < -0.4 is 0 Å². The van der Waals surface area contributed by atoms with Gasteiger partial charge in [0.05, 0.1) is 0 Å². The van der Waals surface area contributed by atoms with Gasteiger partial charge in [-0.05, 0) is 7.05 Å². The van der Waals surface area contributed by atoms with Crippen molar-refractivity contribution in [2.75, 3.05) is 7.05 Å². The first-order chi connectivity index (χ1) is 2.27. The molecule has 5 heavy (non-hydrogen) atoms. The highest BCUT2D eigenvalue weighted by Gasteiger charge is 1.28. The number of rotatable bonds is 0. The molecule has 0 aliphatic carbocycles. The molecule has 0 aliphatic rings. The molecule has 0 bridgehead atoms. The van der Waals surface area contributed by atoms with E-state index in [9.17, 15) is 0 Å². The topological polar surface area (TPSA) is 12.4 Å². The summed E-state index contributed by atoms with van der Waals surface area (Å²) in [7, 11) is 1.72. The molecule has 0 atom stereocenters. The van der Waals surface area contributed by atoms with Crippen LogP contribution >= 0.6 is 21.2 Å². The molecule has 0 amide bonds. The largest absolute Gasteiger partial charge is 0.419 e. The van der Waals surface area contributed by atoms with Crippen molar-refractivity contribution in [2.24, 2.45) is 4.36 Å². The summed E-state index contributed by atoms with van der Waals surface area (Å²) >= 11 is 6.71. The van der Waals surface area contributed by atoms with Crippen LogP contribution in [0.1, 0.15) is 0 Å². The smallest absolute Gasteiger partial charge is 0.000676 e. The van der Waals surface area contributed by atoms with Gasteiger partial charge in [0.1, 0.15) is 0 Å². The van der Waals surface area contributed by atoms with E-state index in [1.165, 1.54) is 0 Å². The second-order valence-corrected chi connectivity index (χ2v) is 6.41. The van der Waals surface area contributed by atoms with Gasteiger partial charge in [0, 0.05) is 0 Å². The van der Waals surface area contributed by atoms with Crippen molar-refractivity contribution in [3.05, 3.63) is 0 Å². The first kappa shape index (κ1) is 6.10. The van der Waals surface area contributed by atoms with Crippen molar-refractivity contribution in [1.82, 2.24) is 0 Å². The minimum absolute atomic E-state index is 0.144. The lowest BCUT2D eigenvalue weighted by Crippen LogP contribution is -1.42. The summed E-state index contributed by atoms with van der Waals surface area (Å²) in [5.41, 5.74) is 0. The fourth-order valence-electron chi connectivity index (χ4n) is 0. The van der Waals surface area contributed by atoms with Gasteiger partial charge >= 0.3 is 0 Å². The summed E-state index contributed by atoms with van der Waals surface area (Å²) in [5.74, 6) is 0. The lowest BCUT2D eigenvalue weighted by atomic mass is 11.6. The molecule has 0 heterocycles. The number of hydrogen-bond donors (Lipinski definition) is 0. The molecule has 32 valence electrons. The normalized spacial score (nSPS) is 15.6. The Labute approximate surface area is 50.1 Å². The molecule has 0 spiro atoms. The van der Waals surface area contributed by atoms with Gasteiger partial charge in [-0.2, -0.15) is 0 Å². The first-order valence-electron chi connectivity index (χ1n) is 0.951. The predicted octanol–water partition coefficient (Wildman–Crippen LogP) is 1.23. The van der Waals surface area contributed by atoms with Gasteiger partial charge in [0.2, 0.25) is 0 Å². The second kappa shape index (κ2) is 3.30. The molecule has 1 nitrogen and oxygen atoms in total. The predicted molar refractivity (Wildman–Crippen MR) is 37.1 cm³/mol. The third kappa shape index (κ3) is 5.10. The van der Waals surface area contributed by atoms with E-state index >= 15 is 0 Å². The fourth-order valence-corrected chi connectivity index (χ4v) is 0. The van der Waals surface area contributed by atoms with Crippen LogP contribution in [0.25, 0.3) is 0 Å². The van der Waals surface area contributed by atoms with E-state index in [4.69, 9.17) is 0 Å². The monoisotopic (exact) mass is 220 g/mol. The summed E-state index contributed by atoms with van der Waals surface area (Å²) in [6.07, 6.45) is -0.144. The van der Waals surface area contributed by atoms with E-state index in [1.54, 1.807) is 7.05 Å². The molecule has 0 saturated carbocycles. The zero-order chi connectivity index (χ0) is 4.28. The molecule has 0 aliphatic heterocycles. The molecule has 0 fully saturated rings. The molecule has 0 N–H and O–H groups in total. The van der Waals surface area contributed by atoms with Gasteiger partial charge in [-0.15, -0.1) is 0 Å². The van der Waals surface area contributed by atoms with Crippen molar-refractivity contribution in [2.45, 2.75) is 0 Å². The average Bonchev–Trinajstić information content (AvgIpc) is 1.38. The summed E-state index contributed by atoms with van der Waals surface area (Å²) in [6.45, 7) is 0. The molecular weight excluding hydrogens is 217 g/mol. The van der Waals surface area contributed by atoms with E-state index in [1.807, 2.05) is 0 Å². The summed E-state index contributed by atoms with van der Waals surface area (Å²) in [4.78, 5) is 0. The number of nitrogens with zero attached hydrogens (tertiary/aromatic N) is 1. The van der Waals surface area contributed by atoms with Gasteiger partial charge in [-0.25, -0.2) is 32.4 Å². The number of hydrogen-bond acceptors (Lipinski definition) is 3. The lowest BCUT2D eigenvalue weighted by molar-refractivity contribution is 1.53. The molecule has 0 saturated heterocycles. The standard InChI is InChI=1S/CH3INS2/c1-3-5(2)4/h1H3/q-1. The van der Waals surface area contributed by atoms with Crippen molar-refractivity contribution in [3.8, 4) is 0 Å². The maximum absolute atomic E-state index is 4.63. The van der Waals surface area contributed by atoms with Crippen LogP contribution in [-0.4, -0.2) is 7.05 Å². The van der Waals surface area contributed by atoms with Gasteiger partial charge in [-0.3, -0.25) is 6.42 Å². The fraction of sp³-hybridized carbons (Fsp3) is 1.00. The maximum atomic E-state index is 4.63. The maximum Gasteiger partial charge on any atom is -0.000676 e. The van der Waals surface area contributed by atoms with E-state index in [-0.39, 0.29) is 6.42 Å². The van der Waals surface area contributed by atoms with Gasteiger partial charge < -0.3 is 4.36 Å². The van der Waals surface area contributed by atoms with Gasteiger partial charge in [0.15, 0.2) is 0 Å². The van der Waals surface area contributed by atoms with Crippen LogP contribution in [0.5, 0.6) is 0 Å². The highest BCUT2D eigenvalue weighted by molar-refractivity contribution is 14.2. The van der Waals surface area contributed by atoms with Crippen LogP contribution in [-0.2, 0) is 17.6 Å². The van der Waals surface area contributed by atoms with Crippen molar-refractivity contribution < 1.29 is 0 Å². The Kier molecular flexibility index (Phi) is 4.02. The average molecular weight is 220 g/mol. The second-order valence-electron chi connectivity index (χ2n) is 0.389. The van der Waals surface area contributed by atoms with Crippen molar-refractivity contribution in [1.29, 1.82) is 0 Å². The Balaban J connectivity index is 3.62.